The summed E-state index contributed by atoms with van der Waals surface area (Å²) in [6.45, 7) is 0. The van der Waals surface area contributed by atoms with E-state index in [9.17, 15) is 0 Å². The summed E-state index contributed by atoms with van der Waals surface area (Å²) in [5.41, 5.74) is 4.81. The molecule has 4 unspecified atom stereocenters. The average molecular weight is 696 g/mol. The Balaban J connectivity index is 0.976. The molecule has 0 saturated heterocycles. The molecule has 0 amide bonds. The minimum Gasteiger partial charge on any atom is -0.309 e. The molecule has 0 radical (unpaired) electrons. The molecule has 0 spiro atoms. The third-order valence-corrected chi connectivity index (χ3v) is 17.2. The van der Waals surface area contributed by atoms with Crippen LogP contribution < -0.4 is 15.9 Å². The fourth-order valence-electron chi connectivity index (χ4n) is 12.3. The van der Waals surface area contributed by atoms with E-state index in [2.05, 4.69) is 36.4 Å². The minimum absolute atomic E-state index is 0.378. The highest BCUT2D eigenvalue weighted by Gasteiger charge is 2.70. The van der Waals surface area contributed by atoms with Crippen LogP contribution in [0.25, 0.3) is 34.2 Å². The van der Waals surface area contributed by atoms with Crippen LogP contribution in [0.1, 0.15) is 44.1 Å². The lowest BCUT2D eigenvalue weighted by Crippen LogP contribution is -2.69. The molecule has 6 aromatic rings. The van der Waals surface area contributed by atoms with E-state index in [4.69, 9.17) is 15.0 Å². The van der Waals surface area contributed by atoms with Gasteiger partial charge in [-0.1, -0.05) is 140 Å². The molecule has 1 heterocycles. The minimum atomic E-state index is -3.09. The van der Waals surface area contributed by atoms with Gasteiger partial charge in [0.05, 0.1) is 0 Å². The van der Waals surface area contributed by atoms with Gasteiger partial charge in [0.1, 0.15) is 0 Å². The average Bonchev–Trinajstić information content (AvgIpc) is 3.23. The van der Waals surface area contributed by atoms with Crippen LogP contribution in [0.3, 0.4) is 0 Å². The molecule has 5 heteroatoms. The zero-order valence-corrected chi connectivity index (χ0v) is 30.2. The molecule has 7 saturated carbocycles. The summed E-state index contributed by atoms with van der Waals surface area (Å²) in [7, 11) is -3.09. The van der Waals surface area contributed by atoms with Crippen LogP contribution in [0, 0.1) is 41.4 Å². The van der Waals surface area contributed by atoms with Crippen LogP contribution in [-0.4, -0.2) is 15.0 Å². The lowest BCUT2D eigenvalue weighted by atomic mass is 9.30. The molecule has 4 atom stereocenters. The third kappa shape index (κ3) is 4.53. The van der Waals surface area contributed by atoms with Gasteiger partial charge in [-0.15, -0.1) is 0 Å². The first kappa shape index (κ1) is 30.9. The van der Waals surface area contributed by atoms with Gasteiger partial charge in [-0.25, -0.2) is 15.0 Å². The SMILES string of the molecule is O=P(c1ccccc1)(c1ccccc1)c1ccc(-c2nc(-c3ccccc3)nc(-c3ccc(C45CC6CC7C8CC(CC74)CC5C8C6)cc3)n2)cc1. The Kier molecular flexibility index (Phi) is 6.94. The van der Waals surface area contributed by atoms with Gasteiger partial charge in [-0.2, -0.15) is 0 Å². The van der Waals surface area contributed by atoms with Crippen LogP contribution in [0.2, 0.25) is 0 Å². The highest BCUT2D eigenvalue weighted by atomic mass is 31.2. The van der Waals surface area contributed by atoms with Crippen molar-refractivity contribution in [1.29, 1.82) is 0 Å². The number of rotatable bonds is 7. The Bertz CT molecular complexity index is 2260. The van der Waals surface area contributed by atoms with E-state index in [0.717, 1.165) is 74.0 Å². The standard InChI is InChI=1S/C47H42N3OP/c51-52(36-12-6-2-7-13-36,37-14-8-3-9-15-37)38-22-18-34(19-23-38)46-49-44(32-10-4-1-5-11-32)48-45(50-46)33-16-20-35(21-17-33)47-29-31-25-40-39-24-30(27-42(40)47)28-43(47)41(39)26-31/h1-23,30-31,39-43H,24-29H2. The third-order valence-electron chi connectivity index (χ3n) is 14.2. The maximum atomic E-state index is 15.0. The van der Waals surface area contributed by atoms with Crippen molar-refractivity contribution in [2.24, 2.45) is 41.4 Å². The van der Waals surface area contributed by atoms with Crippen molar-refractivity contribution in [3.63, 3.8) is 0 Å². The van der Waals surface area contributed by atoms with Gasteiger partial charge in [-0.05, 0) is 85.5 Å². The molecule has 52 heavy (non-hydrogen) atoms. The van der Waals surface area contributed by atoms with Crippen molar-refractivity contribution in [3.05, 3.63) is 145 Å². The predicted octanol–water partition coefficient (Wildman–Crippen LogP) is 9.47. The summed E-state index contributed by atoms with van der Waals surface area (Å²) in [4.78, 5) is 15.2. The first-order valence-electron chi connectivity index (χ1n) is 19.3. The molecular weight excluding hydrogens is 654 g/mol. The summed E-state index contributed by atoms with van der Waals surface area (Å²) < 4.78 is 15.0. The van der Waals surface area contributed by atoms with Crippen LogP contribution in [0.5, 0.6) is 0 Å². The van der Waals surface area contributed by atoms with Crippen LogP contribution in [0.4, 0.5) is 0 Å². The van der Waals surface area contributed by atoms with Crippen molar-refractivity contribution in [2.75, 3.05) is 0 Å². The molecule has 0 aliphatic heterocycles. The summed E-state index contributed by atoms with van der Waals surface area (Å²) in [5, 5.41) is 2.42. The number of hydrogen-bond donors (Lipinski definition) is 0. The van der Waals surface area contributed by atoms with E-state index < -0.39 is 7.14 Å². The second-order valence-corrected chi connectivity index (χ2v) is 19.2. The monoisotopic (exact) mass is 695 g/mol. The Morgan fingerprint density at radius 3 is 1.38 bits per heavy atom. The maximum Gasteiger partial charge on any atom is 0.171 e. The topological polar surface area (TPSA) is 55.7 Å². The molecule has 7 aliphatic rings. The largest absolute Gasteiger partial charge is 0.309 e. The maximum absolute atomic E-state index is 15.0. The number of hydrogen-bond acceptors (Lipinski definition) is 4. The Morgan fingerprint density at radius 1 is 0.442 bits per heavy atom. The lowest BCUT2D eigenvalue weighted by Gasteiger charge is -2.74. The van der Waals surface area contributed by atoms with Gasteiger partial charge in [0, 0.05) is 38.0 Å². The highest BCUT2D eigenvalue weighted by Crippen LogP contribution is 2.76. The van der Waals surface area contributed by atoms with E-state index in [1.807, 2.05) is 103 Å². The van der Waals surface area contributed by atoms with Crippen molar-refractivity contribution in [1.82, 2.24) is 15.0 Å². The molecule has 5 aromatic carbocycles. The van der Waals surface area contributed by atoms with E-state index in [1.54, 1.807) is 5.56 Å². The fraction of sp³-hybridized carbons (Fsp3) is 0.298. The summed E-state index contributed by atoms with van der Waals surface area (Å²) in [6, 6.07) is 47.3. The molecule has 1 aromatic heterocycles. The number of nitrogens with zero attached hydrogens (tertiary/aromatic N) is 3. The van der Waals surface area contributed by atoms with Gasteiger partial charge in [0.15, 0.2) is 24.6 Å². The van der Waals surface area contributed by atoms with Crippen molar-refractivity contribution in [3.8, 4) is 34.2 Å². The van der Waals surface area contributed by atoms with Gasteiger partial charge in [-0.3, -0.25) is 0 Å². The molecule has 4 nitrogen and oxygen atoms in total. The van der Waals surface area contributed by atoms with E-state index in [-0.39, 0.29) is 0 Å². The van der Waals surface area contributed by atoms with Gasteiger partial charge >= 0.3 is 0 Å². The van der Waals surface area contributed by atoms with Crippen LogP contribution >= 0.6 is 7.14 Å². The Labute approximate surface area is 306 Å². The van der Waals surface area contributed by atoms with Gasteiger partial charge in [0.2, 0.25) is 0 Å². The van der Waals surface area contributed by atoms with Gasteiger partial charge in [0.25, 0.3) is 0 Å². The highest BCUT2D eigenvalue weighted by molar-refractivity contribution is 7.85. The first-order chi connectivity index (χ1) is 25.6. The molecule has 7 aliphatic carbocycles. The zero-order chi connectivity index (χ0) is 34.4. The molecule has 0 N–H and O–H groups in total. The van der Waals surface area contributed by atoms with E-state index in [0.29, 0.717) is 22.9 Å². The van der Waals surface area contributed by atoms with E-state index in [1.165, 1.54) is 38.5 Å². The molecular formula is C47H42N3OP. The first-order valence-corrected chi connectivity index (χ1v) is 21.0. The van der Waals surface area contributed by atoms with Gasteiger partial charge < -0.3 is 4.57 Å². The fourth-order valence-corrected chi connectivity index (χ4v) is 15.0. The van der Waals surface area contributed by atoms with Crippen molar-refractivity contribution in [2.45, 2.75) is 43.9 Å². The number of benzene rings is 5. The summed E-state index contributed by atoms with van der Waals surface area (Å²) in [5.74, 6) is 8.56. The molecule has 8 bridgehead atoms. The smallest absolute Gasteiger partial charge is 0.171 e. The molecule has 256 valence electrons. The summed E-state index contributed by atoms with van der Waals surface area (Å²) in [6.07, 6.45) is 8.84. The van der Waals surface area contributed by atoms with E-state index >= 15 is 4.57 Å². The van der Waals surface area contributed by atoms with Crippen molar-refractivity contribution >= 4 is 23.1 Å². The Hall–Kier alpha value is -4.66. The van der Waals surface area contributed by atoms with Crippen LogP contribution in [-0.2, 0) is 9.98 Å². The summed E-state index contributed by atoms with van der Waals surface area (Å²) >= 11 is 0. The predicted molar refractivity (Wildman–Crippen MR) is 209 cm³/mol. The lowest BCUT2D eigenvalue weighted by molar-refractivity contribution is -0.220. The number of aromatic nitrogens is 3. The molecule has 7 fully saturated rings. The normalized spacial score (nSPS) is 29.4. The second kappa shape index (κ2) is 11.7. The molecule has 13 rings (SSSR count). The second-order valence-electron chi connectivity index (χ2n) is 16.4. The quantitative estimate of drug-likeness (QED) is 0.156. The zero-order valence-electron chi connectivity index (χ0n) is 29.3. The van der Waals surface area contributed by atoms with Crippen molar-refractivity contribution < 1.29 is 4.57 Å². The van der Waals surface area contributed by atoms with Crippen LogP contribution in [0.15, 0.2) is 140 Å². The Morgan fingerprint density at radius 2 is 0.865 bits per heavy atom.